The number of nitrogens with one attached hydrogen (secondary N) is 1. The fourth-order valence-corrected chi connectivity index (χ4v) is 2.88. The summed E-state index contributed by atoms with van der Waals surface area (Å²) in [5, 5.41) is 11.7. The summed E-state index contributed by atoms with van der Waals surface area (Å²) in [4.78, 5) is 12.0. The van der Waals surface area contributed by atoms with Gasteiger partial charge in [-0.3, -0.25) is 4.79 Å². The van der Waals surface area contributed by atoms with E-state index in [9.17, 15) is 36.4 Å². The molecule has 1 saturated carbocycles. The molecule has 1 aromatic carbocycles. The van der Waals surface area contributed by atoms with Gasteiger partial charge in [-0.1, -0.05) is 19.3 Å². The van der Waals surface area contributed by atoms with Crippen molar-refractivity contribution < 1.29 is 35.9 Å². The Balaban J connectivity index is 2.12. The summed E-state index contributed by atoms with van der Waals surface area (Å²) in [5.41, 5.74) is -4.15. The summed E-state index contributed by atoms with van der Waals surface area (Å²) < 4.78 is 81.7. The number of hydrogen-bond acceptors (Lipinski definition) is 3. The number of nitrogens with zero attached hydrogens (tertiary/aromatic N) is 1. The highest BCUT2D eigenvalue weighted by Gasteiger charge is 2.37. The van der Waals surface area contributed by atoms with Gasteiger partial charge in [-0.05, 0) is 31.0 Å². The molecule has 0 atom stereocenters. The largest absolute Gasteiger partial charge is 0.484 e. The Hall–Kier alpha value is -2.44. The number of hydrogen-bond donors (Lipinski definition) is 1. The number of ether oxygens (including phenoxy) is 1. The number of carbonyl (C=O) groups excluding carboxylic acids is 1. The van der Waals surface area contributed by atoms with Crippen molar-refractivity contribution in [3.63, 3.8) is 0 Å². The van der Waals surface area contributed by atoms with E-state index in [-0.39, 0.29) is 6.07 Å². The van der Waals surface area contributed by atoms with Crippen molar-refractivity contribution >= 4 is 5.91 Å². The quantitative estimate of drug-likeness (QED) is 0.768. The first kappa shape index (κ1) is 20.9. The van der Waals surface area contributed by atoms with Gasteiger partial charge in [-0.15, -0.1) is 0 Å². The molecule has 0 saturated heterocycles. The van der Waals surface area contributed by atoms with E-state index in [1.54, 1.807) is 0 Å². The normalized spacial score (nSPS) is 17.1. The average Bonchev–Trinajstić information content (AvgIpc) is 2.59. The van der Waals surface area contributed by atoms with Gasteiger partial charge < -0.3 is 10.1 Å². The molecule has 148 valence electrons. The van der Waals surface area contributed by atoms with Crippen LogP contribution in [0.2, 0.25) is 0 Å². The molecule has 1 N–H and O–H groups in total. The Morgan fingerprint density at radius 1 is 1.04 bits per heavy atom. The first-order chi connectivity index (χ1) is 12.5. The Morgan fingerprint density at radius 3 is 2.00 bits per heavy atom. The molecule has 1 aromatic rings. The van der Waals surface area contributed by atoms with Crippen LogP contribution in [0.4, 0.5) is 26.3 Å². The Bertz CT molecular complexity index is 698. The predicted octanol–water partition coefficient (Wildman–Crippen LogP) is 4.45. The van der Waals surface area contributed by atoms with Crippen LogP contribution in [-0.4, -0.2) is 18.1 Å². The highest BCUT2D eigenvalue weighted by atomic mass is 19.4. The predicted molar refractivity (Wildman–Crippen MR) is 81.5 cm³/mol. The number of benzene rings is 1. The van der Waals surface area contributed by atoms with Crippen LogP contribution in [0.1, 0.15) is 43.2 Å². The van der Waals surface area contributed by atoms with Crippen LogP contribution in [-0.2, 0) is 17.1 Å². The smallest absolute Gasteiger partial charge is 0.416 e. The van der Waals surface area contributed by atoms with Crippen LogP contribution in [0.5, 0.6) is 5.75 Å². The molecule has 27 heavy (non-hydrogen) atoms. The lowest BCUT2D eigenvalue weighted by atomic mass is 9.83. The molecular weight excluding hydrogens is 378 g/mol. The minimum absolute atomic E-state index is 0.0281. The lowest BCUT2D eigenvalue weighted by molar-refractivity contribution is -0.143. The molecule has 0 aromatic heterocycles. The molecule has 1 aliphatic rings. The van der Waals surface area contributed by atoms with Crippen LogP contribution in [0.15, 0.2) is 18.2 Å². The van der Waals surface area contributed by atoms with Gasteiger partial charge in [0.05, 0.1) is 17.2 Å². The van der Waals surface area contributed by atoms with Crippen molar-refractivity contribution in [3.8, 4) is 11.8 Å². The highest BCUT2D eigenvalue weighted by molar-refractivity contribution is 5.79. The van der Waals surface area contributed by atoms with Crippen LogP contribution in [0.25, 0.3) is 0 Å². The summed E-state index contributed by atoms with van der Waals surface area (Å²) in [5.74, 6) is -1.52. The monoisotopic (exact) mass is 394 g/mol. The average molecular weight is 394 g/mol. The molecule has 0 heterocycles. The maximum Gasteiger partial charge on any atom is 0.416 e. The van der Waals surface area contributed by atoms with Gasteiger partial charge in [0.25, 0.3) is 5.91 Å². The van der Waals surface area contributed by atoms with E-state index < -0.39 is 47.3 Å². The van der Waals surface area contributed by atoms with Crippen molar-refractivity contribution in [2.75, 3.05) is 6.61 Å². The number of halogens is 6. The van der Waals surface area contributed by atoms with E-state index in [4.69, 9.17) is 4.74 Å². The first-order valence-electron chi connectivity index (χ1n) is 8.10. The van der Waals surface area contributed by atoms with Gasteiger partial charge in [0, 0.05) is 0 Å². The molecule has 2 rings (SSSR count). The van der Waals surface area contributed by atoms with Crippen molar-refractivity contribution in [1.29, 1.82) is 5.26 Å². The van der Waals surface area contributed by atoms with Crippen molar-refractivity contribution in [2.45, 2.75) is 50.0 Å². The fraction of sp³-hybridized carbons (Fsp3) is 0.529. The van der Waals surface area contributed by atoms with Gasteiger partial charge >= 0.3 is 12.4 Å². The van der Waals surface area contributed by atoms with E-state index in [1.807, 2.05) is 6.07 Å². The second-order valence-electron chi connectivity index (χ2n) is 6.33. The molecule has 4 nitrogen and oxygen atoms in total. The maximum atomic E-state index is 12.8. The highest BCUT2D eigenvalue weighted by Crippen LogP contribution is 2.38. The Kier molecular flexibility index (Phi) is 5.92. The zero-order valence-corrected chi connectivity index (χ0v) is 14.0. The lowest BCUT2D eigenvalue weighted by Gasteiger charge is -2.31. The minimum Gasteiger partial charge on any atom is -0.484 e. The van der Waals surface area contributed by atoms with Crippen LogP contribution in [0, 0.1) is 11.3 Å². The molecule has 1 fully saturated rings. The maximum absolute atomic E-state index is 12.8. The third-order valence-corrected chi connectivity index (χ3v) is 4.23. The summed E-state index contributed by atoms with van der Waals surface area (Å²) in [6.07, 6.45) is -6.77. The molecule has 0 unspecified atom stereocenters. The number of carbonyl (C=O) groups is 1. The van der Waals surface area contributed by atoms with Gasteiger partial charge in [-0.2, -0.15) is 31.6 Å². The lowest BCUT2D eigenvalue weighted by Crippen LogP contribution is -2.50. The van der Waals surface area contributed by atoms with E-state index in [2.05, 4.69) is 5.32 Å². The van der Waals surface area contributed by atoms with E-state index >= 15 is 0 Å². The molecule has 0 aliphatic heterocycles. The minimum atomic E-state index is -5.01. The number of alkyl halides is 6. The van der Waals surface area contributed by atoms with Crippen molar-refractivity contribution in [3.05, 3.63) is 29.3 Å². The second-order valence-corrected chi connectivity index (χ2v) is 6.33. The molecule has 1 aliphatic carbocycles. The summed E-state index contributed by atoms with van der Waals surface area (Å²) in [6.45, 7) is -0.804. The Morgan fingerprint density at radius 2 is 1.56 bits per heavy atom. The van der Waals surface area contributed by atoms with Gasteiger partial charge in [0.1, 0.15) is 11.3 Å². The molecule has 0 radical (unpaired) electrons. The zero-order valence-electron chi connectivity index (χ0n) is 14.0. The van der Waals surface area contributed by atoms with Gasteiger partial charge in [0.2, 0.25) is 0 Å². The van der Waals surface area contributed by atoms with E-state index in [0.29, 0.717) is 25.0 Å². The molecule has 0 bridgehead atoms. The SMILES string of the molecule is N#CC1(NC(=O)COc2cc(C(F)(F)F)cc(C(F)(F)F)c2)CCCCC1. The fourth-order valence-electron chi connectivity index (χ4n) is 2.88. The third kappa shape index (κ3) is 5.52. The van der Waals surface area contributed by atoms with Crippen LogP contribution in [0.3, 0.4) is 0 Å². The number of rotatable bonds is 4. The van der Waals surface area contributed by atoms with E-state index in [0.717, 1.165) is 19.3 Å². The summed E-state index contributed by atoms with van der Waals surface area (Å²) >= 11 is 0. The Labute approximate surface area is 151 Å². The zero-order chi connectivity index (χ0) is 20.3. The van der Waals surface area contributed by atoms with Crippen molar-refractivity contribution in [1.82, 2.24) is 5.32 Å². The number of nitriles is 1. The third-order valence-electron chi connectivity index (χ3n) is 4.23. The van der Waals surface area contributed by atoms with Crippen molar-refractivity contribution in [2.24, 2.45) is 0 Å². The molecule has 1 amide bonds. The van der Waals surface area contributed by atoms with Crippen LogP contribution >= 0.6 is 0 Å². The summed E-state index contributed by atoms with van der Waals surface area (Å²) in [7, 11) is 0. The molecular formula is C17H16F6N2O2. The molecule has 10 heteroatoms. The first-order valence-corrected chi connectivity index (χ1v) is 8.10. The van der Waals surface area contributed by atoms with Crippen LogP contribution < -0.4 is 10.1 Å². The topological polar surface area (TPSA) is 62.1 Å². The summed E-state index contributed by atoms with van der Waals surface area (Å²) in [6, 6.07) is 2.78. The molecule has 0 spiro atoms. The second kappa shape index (κ2) is 7.66. The van der Waals surface area contributed by atoms with E-state index in [1.165, 1.54) is 0 Å². The van der Waals surface area contributed by atoms with Gasteiger partial charge in [-0.25, -0.2) is 0 Å². The van der Waals surface area contributed by atoms with Gasteiger partial charge in [0.15, 0.2) is 6.61 Å². The standard InChI is InChI=1S/C17H16F6N2O2/c18-16(19,20)11-6-12(17(21,22)23)8-13(7-11)27-9-14(26)25-15(10-24)4-2-1-3-5-15/h6-8H,1-5,9H2,(H,25,26). The number of amides is 1.